The van der Waals surface area contributed by atoms with E-state index in [2.05, 4.69) is 41.0 Å². The lowest BCUT2D eigenvalue weighted by Gasteiger charge is -2.35. The molecule has 1 aliphatic heterocycles. The van der Waals surface area contributed by atoms with Gasteiger partial charge in [-0.3, -0.25) is 9.78 Å². The summed E-state index contributed by atoms with van der Waals surface area (Å²) in [5.74, 6) is 0.947. The molecule has 0 atom stereocenters. The Hall–Kier alpha value is -2.63. The van der Waals surface area contributed by atoms with E-state index in [0.29, 0.717) is 18.8 Å². The minimum atomic E-state index is -0.0595. The molecule has 0 spiro atoms. The van der Waals surface area contributed by atoms with Gasteiger partial charge >= 0.3 is 0 Å². The van der Waals surface area contributed by atoms with E-state index in [-0.39, 0.29) is 11.4 Å². The molecular weight excluding hydrogens is 314 g/mol. The molecule has 3 heterocycles. The molecule has 2 aromatic rings. The van der Waals surface area contributed by atoms with Crippen LogP contribution in [-0.2, 0) is 0 Å². The van der Waals surface area contributed by atoms with E-state index in [4.69, 9.17) is 0 Å². The molecule has 3 rings (SSSR count). The van der Waals surface area contributed by atoms with Crippen LogP contribution in [0.5, 0.6) is 0 Å². The van der Waals surface area contributed by atoms with E-state index in [0.717, 1.165) is 24.6 Å². The molecule has 0 aliphatic carbocycles. The highest BCUT2D eigenvalue weighted by Crippen LogP contribution is 2.17. The van der Waals surface area contributed by atoms with E-state index in [1.54, 1.807) is 12.4 Å². The molecule has 0 radical (unpaired) electrons. The first-order chi connectivity index (χ1) is 11.9. The fraction of sp³-hybridized carbons (Fsp3) is 0.421. The van der Waals surface area contributed by atoms with Crippen molar-refractivity contribution in [3.63, 3.8) is 0 Å². The van der Waals surface area contributed by atoms with Gasteiger partial charge < -0.3 is 15.1 Å². The first-order valence-electron chi connectivity index (χ1n) is 8.62. The lowest BCUT2D eigenvalue weighted by molar-refractivity contribution is 0.0740. The van der Waals surface area contributed by atoms with Crippen molar-refractivity contribution in [2.45, 2.75) is 26.3 Å². The maximum Gasteiger partial charge on any atom is 0.272 e. The Kier molecular flexibility index (Phi) is 4.88. The van der Waals surface area contributed by atoms with Gasteiger partial charge in [-0.25, -0.2) is 4.98 Å². The number of hydrogen-bond acceptors (Lipinski definition) is 5. The predicted octanol–water partition coefficient (Wildman–Crippen LogP) is 2.65. The van der Waals surface area contributed by atoms with Gasteiger partial charge in [0.2, 0.25) is 0 Å². The van der Waals surface area contributed by atoms with Crippen LogP contribution in [0.4, 0.5) is 11.5 Å². The van der Waals surface area contributed by atoms with Crippen LogP contribution in [-0.4, -0.2) is 52.5 Å². The molecule has 25 heavy (non-hydrogen) atoms. The second kappa shape index (κ2) is 7.09. The van der Waals surface area contributed by atoms with Crippen molar-refractivity contribution in [2.24, 2.45) is 0 Å². The van der Waals surface area contributed by atoms with Gasteiger partial charge in [-0.2, -0.15) is 0 Å². The normalized spacial score (nSPS) is 15.2. The molecule has 1 aliphatic rings. The van der Waals surface area contributed by atoms with E-state index < -0.39 is 0 Å². The third-order valence-electron chi connectivity index (χ3n) is 4.04. The van der Waals surface area contributed by atoms with Crippen molar-refractivity contribution in [1.29, 1.82) is 0 Å². The largest absolute Gasteiger partial charge is 0.380 e. The number of nitrogens with zero attached hydrogens (tertiary/aromatic N) is 4. The molecule has 0 aromatic carbocycles. The third-order valence-corrected chi connectivity index (χ3v) is 4.04. The second-order valence-corrected chi connectivity index (χ2v) is 7.27. The molecular formula is C19H25N5O. The van der Waals surface area contributed by atoms with Crippen LogP contribution in [0.25, 0.3) is 0 Å². The molecule has 6 nitrogen and oxygen atoms in total. The number of anilines is 2. The highest BCUT2D eigenvalue weighted by molar-refractivity contribution is 5.93. The Morgan fingerprint density at radius 1 is 1.04 bits per heavy atom. The van der Waals surface area contributed by atoms with Crippen molar-refractivity contribution >= 4 is 17.4 Å². The summed E-state index contributed by atoms with van der Waals surface area (Å²) in [7, 11) is 0. The molecule has 132 valence electrons. The first-order valence-corrected chi connectivity index (χ1v) is 8.62. The summed E-state index contributed by atoms with van der Waals surface area (Å²) >= 11 is 0. The summed E-state index contributed by atoms with van der Waals surface area (Å²) in [5, 5.41) is 3.38. The molecule has 0 unspecified atom stereocenters. The minimum Gasteiger partial charge on any atom is -0.380 e. The van der Waals surface area contributed by atoms with Crippen molar-refractivity contribution in [3.8, 4) is 0 Å². The summed E-state index contributed by atoms with van der Waals surface area (Å²) in [4.78, 5) is 25.5. The zero-order chi connectivity index (χ0) is 17.9. The summed E-state index contributed by atoms with van der Waals surface area (Å²) < 4.78 is 0. The summed E-state index contributed by atoms with van der Waals surface area (Å²) in [6.07, 6.45) is 3.48. The topological polar surface area (TPSA) is 61.4 Å². The minimum absolute atomic E-state index is 0.0155. The molecule has 1 saturated heterocycles. The Morgan fingerprint density at radius 3 is 2.44 bits per heavy atom. The summed E-state index contributed by atoms with van der Waals surface area (Å²) in [6, 6.07) is 9.62. The maximum absolute atomic E-state index is 12.8. The average Bonchev–Trinajstić information content (AvgIpc) is 2.61. The number of rotatable bonds is 3. The van der Waals surface area contributed by atoms with Gasteiger partial charge in [-0.1, -0.05) is 6.07 Å². The van der Waals surface area contributed by atoms with E-state index in [1.165, 1.54) is 0 Å². The maximum atomic E-state index is 12.8. The van der Waals surface area contributed by atoms with Gasteiger partial charge in [-0.15, -0.1) is 0 Å². The number of carbonyl (C=O) groups is 1. The van der Waals surface area contributed by atoms with Gasteiger partial charge in [0.1, 0.15) is 11.5 Å². The summed E-state index contributed by atoms with van der Waals surface area (Å²) in [6.45, 7) is 9.18. The van der Waals surface area contributed by atoms with Crippen molar-refractivity contribution in [2.75, 3.05) is 36.4 Å². The Labute approximate surface area is 148 Å². The van der Waals surface area contributed by atoms with Crippen LogP contribution >= 0.6 is 0 Å². The van der Waals surface area contributed by atoms with Gasteiger partial charge in [-0.05, 0) is 45.0 Å². The van der Waals surface area contributed by atoms with Crippen LogP contribution in [0.1, 0.15) is 31.3 Å². The SMILES string of the molecule is CC(C)(C)Nc1ccnc(C(=O)N2CCN(c3ccccn3)CC2)c1. The van der Waals surface area contributed by atoms with Gasteiger partial charge in [0, 0.05) is 49.8 Å². The van der Waals surface area contributed by atoms with Crippen LogP contribution in [0, 0.1) is 0 Å². The van der Waals surface area contributed by atoms with Crippen molar-refractivity contribution < 1.29 is 4.79 Å². The molecule has 0 saturated carbocycles. The molecule has 2 aromatic heterocycles. The quantitative estimate of drug-likeness (QED) is 0.931. The van der Waals surface area contributed by atoms with Gasteiger partial charge in [0.25, 0.3) is 5.91 Å². The van der Waals surface area contributed by atoms with Gasteiger partial charge in [0.05, 0.1) is 0 Å². The number of aromatic nitrogens is 2. The molecule has 0 bridgehead atoms. The smallest absolute Gasteiger partial charge is 0.272 e. The molecule has 1 amide bonds. The van der Waals surface area contributed by atoms with Crippen LogP contribution in [0.3, 0.4) is 0 Å². The van der Waals surface area contributed by atoms with Crippen molar-refractivity contribution in [3.05, 3.63) is 48.4 Å². The zero-order valence-electron chi connectivity index (χ0n) is 15.1. The molecule has 1 N–H and O–H groups in total. The molecule has 6 heteroatoms. The lowest BCUT2D eigenvalue weighted by atomic mass is 10.1. The first kappa shape index (κ1) is 17.2. The van der Waals surface area contributed by atoms with E-state index in [9.17, 15) is 4.79 Å². The number of nitrogens with one attached hydrogen (secondary N) is 1. The zero-order valence-corrected chi connectivity index (χ0v) is 15.1. The van der Waals surface area contributed by atoms with E-state index in [1.807, 2.05) is 35.2 Å². The molecule has 1 fully saturated rings. The number of carbonyl (C=O) groups excluding carboxylic acids is 1. The van der Waals surface area contributed by atoms with E-state index >= 15 is 0 Å². The monoisotopic (exact) mass is 339 g/mol. The summed E-state index contributed by atoms with van der Waals surface area (Å²) in [5.41, 5.74) is 1.34. The predicted molar refractivity (Wildman–Crippen MR) is 100.0 cm³/mol. The second-order valence-electron chi connectivity index (χ2n) is 7.27. The number of pyridine rings is 2. The average molecular weight is 339 g/mol. The van der Waals surface area contributed by atoms with Gasteiger partial charge in [0.15, 0.2) is 0 Å². The van der Waals surface area contributed by atoms with Crippen molar-refractivity contribution in [1.82, 2.24) is 14.9 Å². The fourth-order valence-electron chi connectivity index (χ4n) is 2.90. The number of hydrogen-bond donors (Lipinski definition) is 1. The van der Waals surface area contributed by atoms with Crippen LogP contribution in [0.2, 0.25) is 0 Å². The third kappa shape index (κ3) is 4.47. The Morgan fingerprint density at radius 2 is 1.80 bits per heavy atom. The van der Waals surface area contributed by atoms with Crippen LogP contribution in [0.15, 0.2) is 42.7 Å². The highest BCUT2D eigenvalue weighted by Gasteiger charge is 2.24. The number of amides is 1. The highest BCUT2D eigenvalue weighted by atomic mass is 16.2. The Bertz CT molecular complexity index is 718. The Balaban J connectivity index is 1.64. The standard InChI is InChI=1S/C19H25N5O/c1-19(2,3)22-15-7-9-20-16(14-15)18(25)24-12-10-23(11-13-24)17-6-4-5-8-21-17/h4-9,14H,10-13H2,1-3H3,(H,20,22). The lowest BCUT2D eigenvalue weighted by Crippen LogP contribution is -2.49. The van der Waals surface area contributed by atoms with Crippen LogP contribution < -0.4 is 10.2 Å². The fourth-order valence-corrected chi connectivity index (χ4v) is 2.90. The number of piperazine rings is 1.